The predicted molar refractivity (Wildman–Crippen MR) is 83.5 cm³/mol. The van der Waals surface area contributed by atoms with Crippen LogP contribution in [0.3, 0.4) is 0 Å². The largest absolute Gasteiger partial charge is 0.480 e. The van der Waals surface area contributed by atoms with Crippen LogP contribution in [0.25, 0.3) is 0 Å². The van der Waals surface area contributed by atoms with E-state index in [-0.39, 0.29) is 10.6 Å². The Hall–Kier alpha value is -1.77. The number of hydrogen-bond donors (Lipinski definition) is 2. The standard InChI is InChI=1S/C14H16N2O4S2/c1-9-7-10(2)21-14(9)22(19,20)16-12(13(17)18)8-11-3-5-15-6-4-11/h3-7,12,16H,8H2,1-2H3,(H,17,18). The number of hydrogen-bond acceptors (Lipinski definition) is 5. The number of carboxylic acid groups (broad SMARTS) is 1. The molecular formula is C14H16N2O4S2. The minimum atomic E-state index is -3.86. The highest BCUT2D eigenvalue weighted by atomic mass is 32.2. The molecule has 0 radical (unpaired) electrons. The van der Waals surface area contributed by atoms with Crippen LogP contribution in [0.15, 0.2) is 34.8 Å². The van der Waals surface area contributed by atoms with Crippen molar-refractivity contribution in [1.29, 1.82) is 0 Å². The molecule has 2 heterocycles. The van der Waals surface area contributed by atoms with Gasteiger partial charge in [0, 0.05) is 17.3 Å². The van der Waals surface area contributed by atoms with Crippen molar-refractivity contribution in [2.45, 2.75) is 30.5 Å². The normalized spacial score (nSPS) is 13.0. The maximum Gasteiger partial charge on any atom is 0.322 e. The maximum atomic E-state index is 12.4. The number of thiophene rings is 1. The molecule has 1 unspecified atom stereocenters. The number of nitrogens with zero attached hydrogens (tertiary/aromatic N) is 1. The number of nitrogens with one attached hydrogen (secondary N) is 1. The van der Waals surface area contributed by atoms with Crippen molar-refractivity contribution >= 4 is 27.3 Å². The number of aliphatic carboxylic acids is 1. The predicted octanol–water partition coefficient (Wildman–Crippen LogP) is 1.73. The quantitative estimate of drug-likeness (QED) is 0.835. The van der Waals surface area contributed by atoms with Gasteiger partial charge in [-0.2, -0.15) is 4.72 Å². The highest BCUT2D eigenvalue weighted by molar-refractivity contribution is 7.91. The Bertz CT molecular complexity index is 769. The molecule has 0 saturated carbocycles. The Morgan fingerprint density at radius 3 is 2.50 bits per heavy atom. The molecule has 0 aromatic carbocycles. The van der Waals surface area contributed by atoms with Crippen molar-refractivity contribution in [3.05, 3.63) is 46.6 Å². The molecule has 0 aliphatic rings. The molecule has 0 aliphatic heterocycles. The Morgan fingerprint density at radius 2 is 2.00 bits per heavy atom. The first-order chi connectivity index (χ1) is 10.3. The number of aromatic nitrogens is 1. The number of aryl methyl sites for hydroxylation is 2. The molecule has 2 rings (SSSR count). The van der Waals surface area contributed by atoms with Crippen LogP contribution in [-0.4, -0.2) is 30.5 Å². The molecule has 0 amide bonds. The van der Waals surface area contributed by atoms with Gasteiger partial charge in [0.05, 0.1) is 0 Å². The van der Waals surface area contributed by atoms with Crippen LogP contribution in [0.5, 0.6) is 0 Å². The summed E-state index contributed by atoms with van der Waals surface area (Å²) in [5.74, 6) is -1.22. The van der Waals surface area contributed by atoms with Crippen molar-refractivity contribution < 1.29 is 18.3 Å². The highest BCUT2D eigenvalue weighted by Gasteiger charge is 2.27. The van der Waals surface area contributed by atoms with Gasteiger partial charge in [0.1, 0.15) is 10.3 Å². The summed E-state index contributed by atoms with van der Waals surface area (Å²) in [4.78, 5) is 16.1. The molecule has 2 aromatic rings. The van der Waals surface area contributed by atoms with Crippen LogP contribution in [0.2, 0.25) is 0 Å². The third-order valence-electron chi connectivity index (χ3n) is 3.02. The fourth-order valence-electron chi connectivity index (χ4n) is 2.06. The Kier molecular flexibility index (Phi) is 4.94. The van der Waals surface area contributed by atoms with Gasteiger partial charge in [-0.3, -0.25) is 9.78 Å². The van der Waals surface area contributed by atoms with Gasteiger partial charge in [-0.1, -0.05) is 0 Å². The van der Waals surface area contributed by atoms with Crippen LogP contribution in [0.1, 0.15) is 16.0 Å². The van der Waals surface area contributed by atoms with Crippen LogP contribution in [0.4, 0.5) is 0 Å². The van der Waals surface area contributed by atoms with Gasteiger partial charge in [-0.05, 0) is 49.6 Å². The molecule has 8 heteroatoms. The fourth-order valence-corrected chi connectivity index (χ4v) is 4.94. The number of rotatable bonds is 6. The van der Waals surface area contributed by atoms with E-state index in [1.165, 1.54) is 12.4 Å². The molecule has 1 atom stereocenters. The van der Waals surface area contributed by atoms with Gasteiger partial charge in [-0.25, -0.2) is 8.42 Å². The van der Waals surface area contributed by atoms with Crippen LogP contribution >= 0.6 is 11.3 Å². The monoisotopic (exact) mass is 340 g/mol. The van der Waals surface area contributed by atoms with E-state index in [0.29, 0.717) is 11.1 Å². The second-order valence-electron chi connectivity index (χ2n) is 4.90. The maximum absolute atomic E-state index is 12.4. The molecular weight excluding hydrogens is 324 g/mol. The van der Waals surface area contributed by atoms with Crippen molar-refractivity contribution in [2.75, 3.05) is 0 Å². The summed E-state index contributed by atoms with van der Waals surface area (Å²) in [6.07, 6.45) is 3.13. The van der Waals surface area contributed by atoms with Crippen LogP contribution < -0.4 is 4.72 Å². The first-order valence-electron chi connectivity index (χ1n) is 6.50. The zero-order chi connectivity index (χ0) is 16.3. The number of sulfonamides is 1. The summed E-state index contributed by atoms with van der Waals surface area (Å²) in [5.41, 5.74) is 1.31. The number of pyridine rings is 1. The van der Waals surface area contributed by atoms with E-state index in [1.807, 2.05) is 6.92 Å². The zero-order valence-electron chi connectivity index (χ0n) is 12.1. The zero-order valence-corrected chi connectivity index (χ0v) is 13.7. The molecule has 0 spiro atoms. The molecule has 0 aliphatic carbocycles. The first kappa shape index (κ1) is 16.6. The van der Waals surface area contributed by atoms with E-state index in [0.717, 1.165) is 16.2 Å². The summed E-state index contributed by atoms with van der Waals surface area (Å²) in [6.45, 7) is 3.50. The molecule has 0 fully saturated rings. The third kappa shape index (κ3) is 3.90. The van der Waals surface area contributed by atoms with E-state index in [2.05, 4.69) is 9.71 Å². The molecule has 22 heavy (non-hydrogen) atoms. The van der Waals surface area contributed by atoms with Crippen molar-refractivity contribution in [3.63, 3.8) is 0 Å². The summed E-state index contributed by atoms with van der Waals surface area (Å²) in [5, 5.41) is 9.28. The summed E-state index contributed by atoms with van der Waals surface area (Å²) in [6, 6.07) is 3.85. The lowest BCUT2D eigenvalue weighted by molar-refractivity contribution is -0.138. The smallest absolute Gasteiger partial charge is 0.322 e. The summed E-state index contributed by atoms with van der Waals surface area (Å²) >= 11 is 1.13. The Labute approximate surface area is 132 Å². The molecule has 0 bridgehead atoms. The lowest BCUT2D eigenvalue weighted by Gasteiger charge is -2.14. The average molecular weight is 340 g/mol. The van der Waals surface area contributed by atoms with Gasteiger partial charge in [0.25, 0.3) is 10.0 Å². The lowest BCUT2D eigenvalue weighted by atomic mass is 10.1. The Balaban J connectivity index is 2.24. The highest BCUT2D eigenvalue weighted by Crippen LogP contribution is 2.26. The first-order valence-corrected chi connectivity index (χ1v) is 8.80. The van der Waals surface area contributed by atoms with Gasteiger partial charge in [-0.15, -0.1) is 11.3 Å². The SMILES string of the molecule is Cc1cc(C)c(S(=O)(=O)NC(Cc2ccncc2)C(=O)O)s1. The third-order valence-corrected chi connectivity index (χ3v) is 6.28. The van der Waals surface area contributed by atoms with Crippen molar-refractivity contribution in [3.8, 4) is 0 Å². The van der Waals surface area contributed by atoms with Crippen LogP contribution in [-0.2, 0) is 21.2 Å². The van der Waals surface area contributed by atoms with E-state index in [4.69, 9.17) is 0 Å². The van der Waals surface area contributed by atoms with Crippen molar-refractivity contribution in [2.24, 2.45) is 0 Å². The average Bonchev–Trinajstić information content (AvgIpc) is 2.79. The second-order valence-corrected chi connectivity index (χ2v) is 8.06. The number of carbonyl (C=O) groups is 1. The molecule has 0 saturated heterocycles. The van der Waals surface area contributed by atoms with Crippen molar-refractivity contribution in [1.82, 2.24) is 9.71 Å². The molecule has 118 valence electrons. The van der Waals surface area contributed by atoms with E-state index in [1.54, 1.807) is 25.1 Å². The van der Waals surface area contributed by atoms with Gasteiger partial charge in [0.2, 0.25) is 0 Å². The molecule has 2 aromatic heterocycles. The number of carboxylic acids is 1. The van der Waals surface area contributed by atoms with Gasteiger partial charge >= 0.3 is 5.97 Å². The molecule has 6 nitrogen and oxygen atoms in total. The Morgan fingerprint density at radius 1 is 1.36 bits per heavy atom. The molecule has 2 N–H and O–H groups in total. The lowest BCUT2D eigenvalue weighted by Crippen LogP contribution is -2.42. The van der Waals surface area contributed by atoms with E-state index < -0.39 is 22.0 Å². The van der Waals surface area contributed by atoms with Crippen LogP contribution in [0, 0.1) is 13.8 Å². The minimum absolute atomic E-state index is 0.0560. The summed E-state index contributed by atoms with van der Waals surface area (Å²) < 4.78 is 27.2. The second kappa shape index (κ2) is 6.55. The van der Waals surface area contributed by atoms with Gasteiger partial charge < -0.3 is 5.11 Å². The summed E-state index contributed by atoms with van der Waals surface area (Å²) in [7, 11) is -3.86. The topological polar surface area (TPSA) is 96.4 Å². The van der Waals surface area contributed by atoms with E-state index >= 15 is 0 Å². The van der Waals surface area contributed by atoms with Gasteiger partial charge in [0.15, 0.2) is 0 Å². The fraction of sp³-hybridized carbons (Fsp3) is 0.286. The minimum Gasteiger partial charge on any atom is -0.480 e. The van der Waals surface area contributed by atoms with E-state index in [9.17, 15) is 18.3 Å².